The van der Waals surface area contributed by atoms with Gasteiger partial charge in [0, 0.05) is 13.1 Å². The zero-order valence-corrected chi connectivity index (χ0v) is 12.5. The summed E-state index contributed by atoms with van der Waals surface area (Å²) in [6.07, 6.45) is -0.615. The Labute approximate surface area is 129 Å². The number of rotatable bonds is 1. The third kappa shape index (κ3) is 3.13. The van der Waals surface area contributed by atoms with Gasteiger partial charge in [-0.05, 0) is 37.7 Å². The molecule has 2 heterocycles. The van der Waals surface area contributed by atoms with E-state index >= 15 is 0 Å². The van der Waals surface area contributed by atoms with Crippen LogP contribution in [0.25, 0.3) is 0 Å². The lowest BCUT2D eigenvalue weighted by Gasteiger charge is -2.42. The fourth-order valence-corrected chi connectivity index (χ4v) is 3.56. The molecule has 22 heavy (non-hydrogen) atoms. The summed E-state index contributed by atoms with van der Waals surface area (Å²) in [5.74, 6) is -1.13. The van der Waals surface area contributed by atoms with Gasteiger partial charge in [-0.1, -0.05) is 30.3 Å². The van der Waals surface area contributed by atoms with Crippen molar-refractivity contribution >= 4 is 5.84 Å². The van der Waals surface area contributed by atoms with Crippen molar-refractivity contribution in [1.29, 1.82) is 0 Å². The molecule has 1 saturated heterocycles. The molecule has 0 amide bonds. The largest absolute Gasteiger partial charge is 0.398 e. The van der Waals surface area contributed by atoms with E-state index in [0.29, 0.717) is 19.5 Å². The van der Waals surface area contributed by atoms with Crippen LogP contribution in [-0.2, 0) is 0 Å². The molecule has 2 aliphatic rings. The maximum Gasteiger partial charge on any atom is 0.398 e. The van der Waals surface area contributed by atoms with Gasteiger partial charge in [0.05, 0.1) is 6.04 Å². The van der Waals surface area contributed by atoms with Crippen molar-refractivity contribution in [3.63, 3.8) is 0 Å². The molecule has 120 valence electrons. The summed E-state index contributed by atoms with van der Waals surface area (Å²) in [7, 11) is 0. The Balaban J connectivity index is 1.91. The first-order valence-electron chi connectivity index (χ1n) is 8.00. The van der Waals surface area contributed by atoms with E-state index in [1.54, 1.807) is 0 Å². The van der Waals surface area contributed by atoms with Gasteiger partial charge in [0.25, 0.3) is 0 Å². The van der Waals surface area contributed by atoms with Gasteiger partial charge in [-0.15, -0.1) is 0 Å². The van der Waals surface area contributed by atoms with Crippen molar-refractivity contribution in [1.82, 2.24) is 4.90 Å². The predicted molar refractivity (Wildman–Crippen MR) is 80.8 cm³/mol. The molecule has 0 radical (unpaired) electrons. The number of aliphatic imine (C=N–C) groups is 1. The molecule has 2 aliphatic heterocycles. The summed E-state index contributed by atoms with van der Waals surface area (Å²) in [5, 5.41) is 0. The Morgan fingerprint density at radius 1 is 1.00 bits per heavy atom. The summed E-state index contributed by atoms with van der Waals surface area (Å²) < 4.78 is 40.1. The molecule has 2 atom stereocenters. The number of nitrogens with zero attached hydrogens (tertiary/aromatic N) is 2. The van der Waals surface area contributed by atoms with E-state index in [-0.39, 0.29) is 18.3 Å². The van der Waals surface area contributed by atoms with Crippen molar-refractivity contribution in [2.45, 2.75) is 44.3 Å². The van der Waals surface area contributed by atoms with Crippen LogP contribution in [0.15, 0.2) is 35.3 Å². The molecule has 0 spiro atoms. The smallest absolute Gasteiger partial charge is 0.353 e. The Morgan fingerprint density at radius 2 is 1.77 bits per heavy atom. The lowest BCUT2D eigenvalue weighted by atomic mass is 9.91. The average Bonchev–Trinajstić information content (AvgIpc) is 2.55. The molecule has 0 aromatic heterocycles. The van der Waals surface area contributed by atoms with Crippen LogP contribution in [0.1, 0.15) is 43.7 Å². The summed E-state index contributed by atoms with van der Waals surface area (Å²) in [6.45, 7) is 1.19. The Bertz CT molecular complexity index is 524. The van der Waals surface area contributed by atoms with Crippen LogP contribution in [0.5, 0.6) is 0 Å². The van der Waals surface area contributed by atoms with E-state index in [9.17, 15) is 13.2 Å². The fraction of sp³-hybridized carbons (Fsp3) is 0.588. The highest BCUT2D eigenvalue weighted by molar-refractivity contribution is 5.86. The molecule has 1 aromatic rings. The van der Waals surface area contributed by atoms with Crippen LogP contribution in [0.3, 0.4) is 0 Å². The van der Waals surface area contributed by atoms with Gasteiger partial charge >= 0.3 is 6.18 Å². The summed E-state index contributed by atoms with van der Waals surface area (Å²) >= 11 is 0. The van der Waals surface area contributed by atoms with Crippen LogP contribution in [0, 0.1) is 5.92 Å². The quantitative estimate of drug-likeness (QED) is 0.741. The molecule has 0 aliphatic carbocycles. The minimum absolute atomic E-state index is 0.0247. The second-order valence-corrected chi connectivity index (χ2v) is 6.09. The molecule has 2 unspecified atom stereocenters. The molecule has 3 rings (SSSR count). The fourth-order valence-electron chi connectivity index (χ4n) is 3.56. The van der Waals surface area contributed by atoms with Gasteiger partial charge in [-0.25, -0.2) is 0 Å². The van der Waals surface area contributed by atoms with E-state index in [1.807, 2.05) is 35.2 Å². The predicted octanol–water partition coefficient (Wildman–Crippen LogP) is 4.58. The first-order valence-corrected chi connectivity index (χ1v) is 8.00. The molecule has 0 N–H and O–H groups in total. The Hall–Kier alpha value is -1.52. The van der Waals surface area contributed by atoms with Crippen molar-refractivity contribution < 1.29 is 13.2 Å². The molecule has 0 bridgehead atoms. The molecule has 5 heteroatoms. The monoisotopic (exact) mass is 310 g/mol. The van der Waals surface area contributed by atoms with Crippen LogP contribution >= 0.6 is 0 Å². The van der Waals surface area contributed by atoms with Crippen LogP contribution in [-0.4, -0.2) is 30.0 Å². The van der Waals surface area contributed by atoms with E-state index < -0.39 is 12.1 Å². The van der Waals surface area contributed by atoms with Gasteiger partial charge in [0.15, 0.2) is 0 Å². The van der Waals surface area contributed by atoms with E-state index in [1.165, 1.54) is 0 Å². The lowest BCUT2D eigenvalue weighted by molar-refractivity contribution is -0.160. The van der Waals surface area contributed by atoms with E-state index in [0.717, 1.165) is 24.8 Å². The van der Waals surface area contributed by atoms with Crippen LogP contribution in [0.4, 0.5) is 13.2 Å². The zero-order valence-electron chi connectivity index (χ0n) is 12.5. The number of benzene rings is 1. The van der Waals surface area contributed by atoms with Gasteiger partial charge in [-0.3, -0.25) is 4.99 Å². The SMILES string of the molecule is FC(F)(F)C1CCCN=C1N1CCCCC1c1ccccc1. The van der Waals surface area contributed by atoms with Gasteiger partial charge in [0.1, 0.15) is 11.8 Å². The van der Waals surface area contributed by atoms with Gasteiger partial charge in [-0.2, -0.15) is 13.2 Å². The first kappa shape index (κ1) is 15.4. The second kappa shape index (κ2) is 6.31. The highest BCUT2D eigenvalue weighted by Gasteiger charge is 2.46. The number of likely N-dealkylation sites (tertiary alicyclic amines) is 1. The molecular formula is C17H21F3N2. The van der Waals surface area contributed by atoms with Gasteiger partial charge in [0.2, 0.25) is 0 Å². The summed E-state index contributed by atoms with van der Waals surface area (Å²) in [4.78, 5) is 6.23. The minimum atomic E-state index is -4.20. The highest BCUT2D eigenvalue weighted by atomic mass is 19.4. The molecule has 2 nitrogen and oxygen atoms in total. The topological polar surface area (TPSA) is 15.6 Å². The number of alkyl halides is 3. The number of halogens is 3. The second-order valence-electron chi connectivity index (χ2n) is 6.09. The number of amidine groups is 1. The lowest BCUT2D eigenvalue weighted by Crippen LogP contribution is -2.47. The third-order valence-corrected chi connectivity index (χ3v) is 4.61. The third-order valence-electron chi connectivity index (χ3n) is 4.61. The molecule has 0 saturated carbocycles. The normalized spacial score (nSPS) is 26.7. The van der Waals surface area contributed by atoms with Crippen molar-refractivity contribution in [3.8, 4) is 0 Å². The zero-order chi connectivity index (χ0) is 15.6. The summed E-state index contributed by atoms with van der Waals surface area (Å²) in [5.41, 5.74) is 1.09. The highest BCUT2D eigenvalue weighted by Crippen LogP contribution is 2.39. The standard InChI is InChI=1S/C17H21F3N2/c18-17(19,20)14-9-6-11-21-16(14)22-12-5-4-10-15(22)13-7-2-1-3-8-13/h1-3,7-8,14-15H,4-6,9-12H2. The summed E-state index contributed by atoms with van der Waals surface area (Å²) in [6, 6.07) is 9.88. The van der Waals surface area contributed by atoms with E-state index in [2.05, 4.69) is 4.99 Å². The average molecular weight is 310 g/mol. The number of hydrogen-bond acceptors (Lipinski definition) is 2. The Kier molecular flexibility index (Phi) is 4.41. The van der Waals surface area contributed by atoms with Crippen molar-refractivity contribution in [2.75, 3.05) is 13.1 Å². The number of hydrogen-bond donors (Lipinski definition) is 0. The maximum absolute atomic E-state index is 13.4. The Morgan fingerprint density at radius 3 is 2.50 bits per heavy atom. The minimum Gasteiger partial charge on any atom is -0.353 e. The number of piperidine rings is 1. The first-order chi connectivity index (χ1) is 10.6. The molecular weight excluding hydrogens is 289 g/mol. The van der Waals surface area contributed by atoms with Gasteiger partial charge < -0.3 is 4.90 Å². The van der Waals surface area contributed by atoms with E-state index in [4.69, 9.17) is 0 Å². The molecule has 1 aromatic carbocycles. The van der Waals surface area contributed by atoms with Crippen molar-refractivity contribution in [2.24, 2.45) is 10.9 Å². The van der Waals surface area contributed by atoms with Crippen molar-refractivity contribution in [3.05, 3.63) is 35.9 Å². The van der Waals surface area contributed by atoms with Crippen LogP contribution in [0.2, 0.25) is 0 Å². The molecule has 1 fully saturated rings. The van der Waals surface area contributed by atoms with Crippen LogP contribution < -0.4 is 0 Å². The maximum atomic E-state index is 13.4.